The Morgan fingerprint density at radius 3 is 1.97 bits per heavy atom. The molecule has 0 radical (unpaired) electrons. The maximum Gasteiger partial charge on any atom is 0.0462 e. The number of aryl methyl sites for hydroxylation is 1. The number of benzene rings is 7. The molecule has 0 fully saturated rings. The van der Waals surface area contributed by atoms with E-state index in [1.165, 1.54) is 89.0 Å². The van der Waals surface area contributed by atoms with Gasteiger partial charge in [-0.05, 0) is 171 Å². The minimum Gasteiger partial charge on any atom is -0.311 e. The molecule has 0 N–H and O–H groups in total. The minimum absolute atomic E-state index is 0.247. The lowest BCUT2D eigenvalue weighted by Gasteiger charge is -2.31. The largest absolute Gasteiger partial charge is 0.311 e. The van der Waals surface area contributed by atoms with Crippen LogP contribution in [0.2, 0.25) is 0 Å². The summed E-state index contributed by atoms with van der Waals surface area (Å²) in [6.45, 7) is 13.9. The molecule has 0 aromatic heterocycles. The molecule has 7 aromatic carbocycles. The first kappa shape index (κ1) is 41.1. The first-order valence-electron chi connectivity index (χ1n) is 23.1. The molecule has 1 heteroatoms. The van der Waals surface area contributed by atoms with Crippen molar-refractivity contribution in [3.63, 3.8) is 0 Å². The molecule has 314 valence electrons. The Balaban J connectivity index is 1.05. The quantitative estimate of drug-likeness (QED) is 0.155. The third-order valence-corrected chi connectivity index (χ3v) is 14.2. The van der Waals surface area contributed by atoms with Gasteiger partial charge in [0.15, 0.2) is 0 Å². The second kappa shape index (κ2) is 17.0. The van der Waals surface area contributed by atoms with Gasteiger partial charge in [0.25, 0.3) is 0 Å². The van der Waals surface area contributed by atoms with Crippen LogP contribution in [0, 0.1) is 12.8 Å². The number of hydrogen-bond acceptors (Lipinski definition) is 1. The highest BCUT2D eigenvalue weighted by molar-refractivity contribution is 5.81. The second-order valence-corrected chi connectivity index (χ2v) is 18.8. The van der Waals surface area contributed by atoms with Gasteiger partial charge in [0.2, 0.25) is 0 Å². The van der Waals surface area contributed by atoms with Crippen LogP contribution in [0.15, 0.2) is 193 Å². The van der Waals surface area contributed by atoms with E-state index in [1.807, 2.05) is 0 Å². The summed E-state index contributed by atoms with van der Waals surface area (Å²) >= 11 is 0. The molecule has 3 aliphatic rings. The van der Waals surface area contributed by atoms with E-state index in [2.05, 4.69) is 247 Å². The van der Waals surface area contributed by atoms with Crippen molar-refractivity contribution in [2.45, 2.75) is 65.7 Å². The molecule has 0 bridgehead atoms. The molecule has 2 unspecified atom stereocenters. The van der Waals surface area contributed by atoms with Crippen LogP contribution in [-0.4, -0.2) is 0 Å². The first-order valence-corrected chi connectivity index (χ1v) is 23.1. The van der Waals surface area contributed by atoms with Crippen LogP contribution in [0.25, 0.3) is 62.7 Å². The van der Waals surface area contributed by atoms with Gasteiger partial charge in [-0.1, -0.05) is 185 Å². The third-order valence-electron chi connectivity index (χ3n) is 14.2. The van der Waals surface area contributed by atoms with Gasteiger partial charge in [0.05, 0.1) is 0 Å². The van der Waals surface area contributed by atoms with Crippen molar-refractivity contribution in [1.82, 2.24) is 0 Å². The van der Waals surface area contributed by atoms with Crippen LogP contribution < -0.4 is 4.90 Å². The Morgan fingerprint density at radius 1 is 0.547 bits per heavy atom. The topological polar surface area (TPSA) is 3.24 Å². The predicted octanol–water partition coefficient (Wildman–Crippen LogP) is 17.4. The Morgan fingerprint density at radius 2 is 1.20 bits per heavy atom. The summed E-state index contributed by atoms with van der Waals surface area (Å²) in [5, 5.41) is 0. The zero-order valence-electron chi connectivity index (χ0n) is 38.1. The molecule has 0 saturated carbocycles. The van der Waals surface area contributed by atoms with Gasteiger partial charge >= 0.3 is 0 Å². The van der Waals surface area contributed by atoms with Gasteiger partial charge in [0.1, 0.15) is 0 Å². The number of fused-ring (bicyclic) bond motifs is 3. The second-order valence-electron chi connectivity index (χ2n) is 18.8. The van der Waals surface area contributed by atoms with Crippen LogP contribution in [0.4, 0.5) is 11.4 Å². The Bertz CT molecular complexity index is 3040. The Labute approximate surface area is 381 Å². The first-order chi connectivity index (χ1) is 31.1. The fourth-order valence-corrected chi connectivity index (χ4v) is 10.0. The lowest BCUT2D eigenvalue weighted by atomic mass is 9.75. The van der Waals surface area contributed by atoms with Crippen LogP contribution in [-0.2, 0) is 11.8 Å². The molecule has 0 aliphatic heterocycles. The fraction of sp³-hybridized carbons (Fsp3) is 0.175. The van der Waals surface area contributed by atoms with Gasteiger partial charge in [-0.2, -0.15) is 0 Å². The maximum absolute atomic E-state index is 2.44. The van der Waals surface area contributed by atoms with E-state index in [0.29, 0.717) is 11.8 Å². The molecule has 64 heavy (non-hydrogen) atoms. The van der Waals surface area contributed by atoms with E-state index in [4.69, 9.17) is 0 Å². The summed E-state index contributed by atoms with van der Waals surface area (Å²) in [6, 6.07) is 56.7. The molecular weight excluding hydrogens is 771 g/mol. The highest BCUT2D eigenvalue weighted by atomic mass is 15.1. The van der Waals surface area contributed by atoms with Crippen molar-refractivity contribution in [3.8, 4) is 44.5 Å². The fourth-order valence-electron chi connectivity index (χ4n) is 10.0. The molecule has 2 atom stereocenters. The van der Waals surface area contributed by atoms with Crippen molar-refractivity contribution >= 4 is 29.6 Å². The normalized spacial score (nSPS) is 19.3. The lowest BCUT2D eigenvalue weighted by Crippen LogP contribution is -2.22. The van der Waals surface area contributed by atoms with Crippen molar-refractivity contribution in [2.75, 3.05) is 4.90 Å². The van der Waals surface area contributed by atoms with Gasteiger partial charge in [0, 0.05) is 22.5 Å². The molecule has 7 aromatic rings. The summed E-state index contributed by atoms with van der Waals surface area (Å²) < 4.78 is 0. The lowest BCUT2D eigenvalue weighted by molar-refractivity contribution is 0.621. The number of hydrogen-bond donors (Lipinski definition) is 0. The molecule has 3 aliphatic carbocycles. The molecule has 1 nitrogen and oxygen atoms in total. The molecule has 0 amide bonds. The number of nitrogens with zero attached hydrogens (tertiary/aromatic N) is 1. The minimum atomic E-state index is -0.247. The van der Waals surface area contributed by atoms with Crippen molar-refractivity contribution in [1.29, 1.82) is 0 Å². The van der Waals surface area contributed by atoms with Gasteiger partial charge < -0.3 is 4.90 Å². The van der Waals surface area contributed by atoms with Crippen molar-refractivity contribution in [2.24, 2.45) is 5.92 Å². The van der Waals surface area contributed by atoms with Crippen LogP contribution in [0.3, 0.4) is 0 Å². The van der Waals surface area contributed by atoms with E-state index in [9.17, 15) is 0 Å². The van der Waals surface area contributed by atoms with Gasteiger partial charge in [-0.3, -0.25) is 0 Å². The Kier molecular flexibility index (Phi) is 10.9. The zero-order chi connectivity index (χ0) is 44.0. The SMILES string of the molecule is C\C1=C/C(N(c2ccc(-c3ccc(C)c(-c4ccccc4)c3)cc2)c2ccc(-c3cccc4c3CC(C)C=C4)cc2)=C\C=C\c2ccc(-c3ccc4c(c3)C(C)CC=C4)cc2C1(C)C. The van der Waals surface area contributed by atoms with Gasteiger partial charge in [-0.25, -0.2) is 0 Å². The standard InChI is InChI=1S/C63H57N/c1-42-21-23-49-17-12-20-58(61(49)37-42)50-31-35-56(36-32-50)64(55-33-29-46(30-34-55)52-24-22-44(3)60(39-52)47-14-8-7-9-15-47)57-19-11-18-51-26-28-54(41-62(51)63(5,6)45(4)38-57)53-27-25-48-16-10-13-43(2)59(48)40-53/h7-12,14-36,38-43H,13,37H2,1-6H3/b18-11+,45-38+,57-19+. The van der Waals surface area contributed by atoms with E-state index < -0.39 is 0 Å². The summed E-state index contributed by atoms with van der Waals surface area (Å²) in [7, 11) is 0. The Hall–Kier alpha value is -6.96. The van der Waals surface area contributed by atoms with Crippen LogP contribution in [0.5, 0.6) is 0 Å². The average molecular weight is 828 g/mol. The highest BCUT2D eigenvalue weighted by Gasteiger charge is 2.28. The molecule has 10 rings (SSSR count). The number of anilines is 2. The zero-order valence-corrected chi connectivity index (χ0v) is 38.1. The third kappa shape index (κ3) is 7.86. The smallest absolute Gasteiger partial charge is 0.0462 e. The summed E-state index contributed by atoms with van der Waals surface area (Å²) in [5.74, 6) is 1.05. The average Bonchev–Trinajstić information content (AvgIpc) is 3.36. The number of rotatable bonds is 7. The molecule has 0 spiro atoms. The maximum atomic E-state index is 2.44. The summed E-state index contributed by atoms with van der Waals surface area (Å²) in [6.07, 6.45) is 20.6. The van der Waals surface area contributed by atoms with E-state index >= 15 is 0 Å². The van der Waals surface area contributed by atoms with Crippen molar-refractivity contribution < 1.29 is 0 Å². The highest BCUT2D eigenvalue weighted by Crippen LogP contribution is 2.42. The van der Waals surface area contributed by atoms with E-state index in [0.717, 1.165) is 29.9 Å². The van der Waals surface area contributed by atoms with E-state index in [1.54, 1.807) is 0 Å². The van der Waals surface area contributed by atoms with Gasteiger partial charge in [-0.15, -0.1) is 0 Å². The van der Waals surface area contributed by atoms with Crippen molar-refractivity contribution in [3.05, 3.63) is 232 Å². The van der Waals surface area contributed by atoms with Crippen LogP contribution in [0.1, 0.15) is 85.9 Å². The number of allylic oxidation sites excluding steroid dienone is 6. The summed E-state index contributed by atoms with van der Waals surface area (Å²) in [4.78, 5) is 2.43. The molecule has 0 saturated heterocycles. The molecular formula is C63H57N. The predicted molar refractivity (Wildman–Crippen MR) is 276 cm³/mol. The van der Waals surface area contributed by atoms with Crippen LogP contribution >= 0.6 is 0 Å². The molecule has 0 heterocycles. The monoisotopic (exact) mass is 827 g/mol. The van der Waals surface area contributed by atoms with E-state index in [-0.39, 0.29) is 5.41 Å². The summed E-state index contributed by atoms with van der Waals surface area (Å²) in [5.41, 5.74) is 23.9.